The molecule has 0 radical (unpaired) electrons. The van der Waals surface area contributed by atoms with Crippen LogP contribution in [-0.2, 0) is 24.3 Å². The van der Waals surface area contributed by atoms with Gasteiger partial charge in [-0.05, 0) is 31.0 Å². The highest BCUT2D eigenvalue weighted by Gasteiger charge is 2.55. The summed E-state index contributed by atoms with van der Waals surface area (Å²) in [7, 11) is -2.89. The van der Waals surface area contributed by atoms with Crippen LogP contribution in [0.2, 0.25) is 0 Å². The molecule has 2 fully saturated rings. The van der Waals surface area contributed by atoms with Crippen molar-refractivity contribution in [2.75, 3.05) is 26.9 Å². The van der Waals surface area contributed by atoms with Crippen molar-refractivity contribution in [1.29, 1.82) is 0 Å². The summed E-state index contributed by atoms with van der Waals surface area (Å²) in [5.41, 5.74) is 1.49. The SMILES string of the molecule is COCCOC(=O)N1[C@@H]2CC[C@H]1[C@H](C(=O)NO)N(S(=O)(=O)c1ccc(Oc3ccc(F)c(F)c3)nc1)C2. The van der Waals surface area contributed by atoms with Gasteiger partial charge in [-0.15, -0.1) is 0 Å². The normalized spacial score (nSPS) is 21.5. The minimum absolute atomic E-state index is 0.0190. The number of carbonyl (C=O) groups excluding carboxylic acids is 2. The molecule has 37 heavy (non-hydrogen) atoms. The van der Waals surface area contributed by atoms with Gasteiger partial charge >= 0.3 is 6.09 Å². The van der Waals surface area contributed by atoms with Crippen molar-refractivity contribution in [3.8, 4) is 11.6 Å². The molecule has 2 N–H and O–H groups in total. The molecule has 0 aliphatic carbocycles. The first-order valence-electron chi connectivity index (χ1n) is 11.2. The second-order valence-electron chi connectivity index (χ2n) is 8.32. The zero-order valence-corrected chi connectivity index (χ0v) is 20.4. The highest BCUT2D eigenvalue weighted by molar-refractivity contribution is 7.89. The number of halogens is 2. The van der Waals surface area contributed by atoms with Gasteiger partial charge in [-0.1, -0.05) is 0 Å². The number of pyridine rings is 1. The Balaban J connectivity index is 1.56. The van der Waals surface area contributed by atoms with Crippen LogP contribution in [0.15, 0.2) is 41.4 Å². The van der Waals surface area contributed by atoms with E-state index in [2.05, 4.69) is 4.98 Å². The maximum absolute atomic E-state index is 13.5. The monoisotopic (exact) mass is 542 g/mol. The highest BCUT2D eigenvalue weighted by Crippen LogP contribution is 2.38. The fourth-order valence-electron chi connectivity index (χ4n) is 4.48. The Morgan fingerprint density at radius 3 is 2.59 bits per heavy atom. The van der Waals surface area contributed by atoms with Gasteiger partial charge in [-0.25, -0.2) is 32.5 Å². The lowest BCUT2D eigenvalue weighted by Crippen LogP contribution is -2.66. The zero-order chi connectivity index (χ0) is 26.7. The second kappa shape index (κ2) is 10.9. The molecule has 0 saturated carbocycles. The number of aromatic nitrogens is 1. The summed E-state index contributed by atoms with van der Waals surface area (Å²) in [6, 6.07) is 2.40. The van der Waals surface area contributed by atoms with E-state index in [1.54, 1.807) is 0 Å². The van der Waals surface area contributed by atoms with Gasteiger partial charge in [0.15, 0.2) is 11.6 Å². The molecule has 2 bridgehead atoms. The number of benzene rings is 1. The molecular weight excluding hydrogens is 518 g/mol. The number of hydroxylamine groups is 1. The fourth-order valence-corrected chi connectivity index (χ4v) is 6.08. The van der Waals surface area contributed by atoms with E-state index in [-0.39, 0.29) is 36.3 Å². The second-order valence-corrected chi connectivity index (χ2v) is 10.2. The van der Waals surface area contributed by atoms with Crippen LogP contribution in [0.3, 0.4) is 0 Å². The Bertz CT molecular complexity index is 1260. The van der Waals surface area contributed by atoms with Gasteiger partial charge < -0.3 is 14.2 Å². The Kier molecular flexibility index (Phi) is 7.87. The van der Waals surface area contributed by atoms with Crippen LogP contribution >= 0.6 is 0 Å². The highest BCUT2D eigenvalue weighted by atomic mass is 32.2. The summed E-state index contributed by atoms with van der Waals surface area (Å²) < 4.78 is 69.9. The van der Waals surface area contributed by atoms with E-state index in [1.165, 1.54) is 35.7 Å². The Morgan fingerprint density at radius 2 is 1.95 bits per heavy atom. The molecule has 4 rings (SSSR count). The number of piperazine rings is 1. The summed E-state index contributed by atoms with van der Waals surface area (Å²) in [5, 5.41) is 9.33. The zero-order valence-electron chi connectivity index (χ0n) is 19.5. The van der Waals surface area contributed by atoms with E-state index < -0.39 is 51.8 Å². The molecule has 0 spiro atoms. The van der Waals surface area contributed by atoms with Crippen LogP contribution in [0.25, 0.3) is 0 Å². The van der Waals surface area contributed by atoms with Gasteiger partial charge in [0, 0.05) is 31.8 Å². The average Bonchev–Trinajstić information content (AvgIpc) is 3.19. The minimum Gasteiger partial charge on any atom is -0.447 e. The van der Waals surface area contributed by atoms with Crippen LogP contribution in [0.1, 0.15) is 12.8 Å². The van der Waals surface area contributed by atoms with E-state index in [1.807, 2.05) is 0 Å². The predicted molar refractivity (Wildman–Crippen MR) is 120 cm³/mol. The Morgan fingerprint density at radius 1 is 1.16 bits per heavy atom. The lowest BCUT2D eigenvalue weighted by Gasteiger charge is -2.44. The largest absolute Gasteiger partial charge is 0.447 e. The summed E-state index contributed by atoms with van der Waals surface area (Å²) in [6.07, 6.45) is 1.02. The first-order valence-corrected chi connectivity index (χ1v) is 12.6. The third-order valence-corrected chi connectivity index (χ3v) is 7.97. The topological polar surface area (TPSA) is 148 Å². The molecule has 12 nitrogen and oxygen atoms in total. The minimum atomic E-state index is -4.33. The molecule has 15 heteroatoms. The molecule has 2 amide bonds. The third-order valence-electron chi connectivity index (χ3n) is 6.14. The number of sulfonamides is 1. The Labute approximate surface area is 210 Å². The number of hydrogen-bond acceptors (Lipinski definition) is 9. The van der Waals surface area contributed by atoms with Crippen molar-refractivity contribution in [2.45, 2.75) is 35.9 Å². The lowest BCUT2D eigenvalue weighted by atomic mass is 10.1. The molecule has 2 saturated heterocycles. The number of nitrogens with zero attached hydrogens (tertiary/aromatic N) is 3. The smallest absolute Gasteiger partial charge is 0.410 e. The van der Waals surface area contributed by atoms with Gasteiger partial charge in [-0.3, -0.25) is 14.9 Å². The van der Waals surface area contributed by atoms with Gasteiger partial charge in [0.05, 0.1) is 18.8 Å². The van der Waals surface area contributed by atoms with Gasteiger partial charge in [-0.2, -0.15) is 4.31 Å². The van der Waals surface area contributed by atoms with E-state index in [9.17, 15) is 32.0 Å². The van der Waals surface area contributed by atoms with E-state index in [4.69, 9.17) is 14.2 Å². The van der Waals surface area contributed by atoms with E-state index in [0.717, 1.165) is 22.6 Å². The van der Waals surface area contributed by atoms with Crippen molar-refractivity contribution in [3.05, 3.63) is 48.2 Å². The number of methoxy groups -OCH3 is 1. The van der Waals surface area contributed by atoms with Crippen molar-refractivity contribution < 1.29 is 46.2 Å². The van der Waals surface area contributed by atoms with E-state index >= 15 is 0 Å². The number of hydrogen-bond donors (Lipinski definition) is 2. The summed E-state index contributed by atoms with van der Waals surface area (Å²) in [4.78, 5) is 30.3. The van der Waals surface area contributed by atoms with Crippen molar-refractivity contribution >= 4 is 22.0 Å². The van der Waals surface area contributed by atoms with Gasteiger partial charge in [0.2, 0.25) is 15.9 Å². The first-order chi connectivity index (χ1) is 17.7. The Hall–Kier alpha value is -3.40. The molecule has 0 unspecified atom stereocenters. The van der Waals surface area contributed by atoms with Crippen LogP contribution in [0.4, 0.5) is 13.6 Å². The van der Waals surface area contributed by atoms with Gasteiger partial charge in [0.1, 0.15) is 23.3 Å². The van der Waals surface area contributed by atoms with Crippen molar-refractivity contribution in [1.82, 2.24) is 19.7 Å². The number of amides is 2. The summed E-state index contributed by atoms with van der Waals surface area (Å²) in [6.45, 7) is -0.0724. The van der Waals surface area contributed by atoms with Crippen LogP contribution in [0.5, 0.6) is 11.6 Å². The number of nitrogens with one attached hydrogen (secondary N) is 1. The third kappa shape index (κ3) is 5.34. The van der Waals surface area contributed by atoms with Crippen molar-refractivity contribution in [2.24, 2.45) is 0 Å². The molecule has 2 aliphatic heterocycles. The number of fused-ring (bicyclic) bond motifs is 2. The molecule has 1 aromatic heterocycles. The fraction of sp³-hybridized carbons (Fsp3) is 0.409. The molecule has 3 heterocycles. The summed E-state index contributed by atoms with van der Waals surface area (Å²) >= 11 is 0. The van der Waals surface area contributed by atoms with E-state index in [0.29, 0.717) is 12.8 Å². The standard InChI is InChI=1S/C22H24F2N4O8S/c1-34-8-9-35-22(30)28-13-2-6-18(28)20(21(29)26-31)27(12-13)37(32,33)15-4-7-19(25-11-15)36-14-3-5-16(23)17(24)10-14/h3-5,7,10-11,13,18,20,31H,2,6,8-9,12H2,1H3,(H,26,29)/t13-,18+,20-/m1/s1. The number of rotatable bonds is 8. The molecule has 1 aromatic carbocycles. The molecule has 3 atom stereocenters. The van der Waals surface area contributed by atoms with Crippen LogP contribution < -0.4 is 10.2 Å². The molecule has 2 aromatic rings. The number of ether oxygens (including phenoxy) is 3. The van der Waals surface area contributed by atoms with Gasteiger partial charge in [0.25, 0.3) is 5.91 Å². The maximum atomic E-state index is 13.5. The first kappa shape index (κ1) is 26.7. The quantitative estimate of drug-likeness (QED) is 0.289. The summed E-state index contributed by atoms with van der Waals surface area (Å²) in [5.74, 6) is -3.32. The average molecular weight is 543 g/mol. The number of carbonyl (C=O) groups is 2. The van der Waals surface area contributed by atoms with Crippen molar-refractivity contribution in [3.63, 3.8) is 0 Å². The van der Waals surface area contributed by atoms with Crippen LogP contribution in [0, 0.1) is 11.6 Å². The maximum Gasteiger partial charge on any atom is 0.410 e. The van der Waals surface area contributed by atoms with Crippen LogP contribution in [-0.4, -0.2) is 84.8 Å². The lowest BCUT2D eigenvalue weighted by molar-refractivity contribution is -0.136. The molecule has 200 valence electrons. The molecular formula is C22H24F2N4O8S. The predicted octanol–water partition coefficient (Wildman–Crippen LogP) is 1.65. The molecule has 2 aliphatic rings.